The van der Waals surface area contributed by atoms with Crippen LogP contribution in [0.1, 0.15) is 32.0 Å². The molecule has 2 aromatic rings. The van der Waals surface area contributed by atoms with Gasteiger partial charge in [0, 0.05) is 12.1 Å². The van der Waals surface area contributed by atoms with Crippen LogP contribution in [0, 0.1) is 12.0 Å². The van der Waals surface area contributed by atoms with Crippen molar-refractivity contribution in [2.24, 2.45) is 12.5 Å². The molecule has 1 aromatic heterocycles. The van der Waals surface area contributed by atoms with Gasteiger partial charge in [0.25, 0.3) is 0 Å². The number of aromatic nitrogens is 2. The first kappa shape index (κ1) is 23.6. The van der Waals surface area contributed by atoms with E-state index in [0.29, 0.717) is 5.02 Å². The Kier molecular flexibility index (Phi) is 6.74. The van der Waals surface area contributed by atoms with Crippen molar-refractivity contribution >= 4 is 34.9 Å². The van der Waals surface area contributed by atoms with Crippen LogP contribution in [-0.4, -0.2) is 15.7 Å². The molecule has 11 heteroatoms. The lowest BCUT2D eigenvalue weighted by Gasteiger charge is -2.20. The third-order valence-corrected chi connectivity index (χ3v) is 4.29. The van der Waals surface area contributed by atoms with Crippen molar-refractivity contribution in [3.8, 4) is 5.75 Å². The van der Waals surface area contributed by atoms with Crippen LogP contribution in [0.4, 0.5) is 13.2 Å². The number of carbonyl (C=O) groups is 1. The Labute approximate surface area is 180 Å². The summed E-state index contributed by atoms with van der Waals surface area (Å²) >= 11 is 11.8. The van der Waals surface area contributed by atoms with Crippen molar-refractivity contribution < 1.29 is 27.4 Å². The molecule has 30 heavy (non-hydrogen) atoms. The molecule has 2 rings (SSSR count). The van der Waals surface area contributed by atoms with Crippen LogP contribution < -0.4 is 4.74 Å². The Morgan fingerprint density at radius 3 is 2.20 bits per heavy atom. The molecule has 0 saturated carbocycles. The quantitative estimate of drug-likeness (QED) is 0.320. The summed E-state index contributed by atoms with van der Waals surface area (Å²) in [5, 5.41) is 3.26. The fourth-order valence-corrected chi connectivity index (χ4v) is 2.42. The van der Waals surface area contributed by atoms with Gasteiger partial charge in [0.15, 0.2) is 11.5 Å². The Bertz CT molecular complexity index is 1030. The third-order valence-electron chi connectivity index (χ3n) is 3.60. The maximum absolute atomic E-state index is 13.6. The van der Waals surface area contributed by atoms with Crippen LogP contribution in [0.2, 0.25) is 10.2 Å². The highest BCUT2D eigenvalue weighted by molar-refractivity contribution is 6.31. The summed E-state index contributed by atoms with van der Waals surface area (Å²) in [5.41, 5.74) is -3.29. The number of alkyl halides is 3. The lowest BCUT2D eigenvalue weighted by molar-refractivity contribution is -0.147. The molecular formula is C19H16Cl2F3N3O3. The number of hydrogen-bond donors (Lipinski definition) is 0. The molecule has 0 aliphatic heterocycles. The molecule has 0 saturated heterocycles. The minimum absolute atomic E-state index is 0.0864. The predicted octanol–water partition coefficient (Wildman–Crippen LogP) is 5.96. The highest BCUT2D eigenvalue weighted by atomic mass is 35.5. The predicted molar refractivity (Wildman–Crippen MR) is 104 cm³/mol. The van der Waals surface area contributed by atoms with Crippen LogP contribution in [0.15, 0.2) is 30.1 Å². The van der Waals surface area contributed by atoms with Crippen LogP contribution >= 0.6 is 23.2 Å². The van der Waals surface area contributed by atoms with Crippen molar-refractivity contribution in [1.82, 2.24) is 9.78 Å². The Balaban J connectivity index is 2.75. The zero-order valence-corrected chi connectivity index (χ0v) is 17.8. The normalized spacial score (nSPS) is 12.8. The summed E-state index contributed by atoms with van der Waals surface area (Å²) in [6.07, 6.45) is -4.94. The molecule has 0 radical (unpaired) electrons. The van der Waals surface area contributed by atoms with E-state index in [9.17, 15) is 18.0 Å². The fourth-order valence-electron chi connectivity index (χ4n) is 2.08. The van der Waals surface area contributed by atoms with E-state index in [0.717, 1.165) is 4.68 Å². The largest absolute Gasteiger partial charge is 0.478 e. The molecule has 0 N–H and O–H groups in total. The van der Waals surface area contributed by atoms with Crippen LogP contribution in [0.3, 0.4) is 0 Å². The fraction of sp³-hybridized carbons (Fsp3) is 0.316. The number of ether oxygens (including phenoxy) is 2. The van der Waals surface area contributed by atoms with E-state index in [-0.39, 0.29) is 5.75 Å². The number of hydrogen-bond acceptors (Lipinski definition) is 4. The Hall–Kier alpha value is -2.70. The summed E-state index contributed by atoms with van der Waals surface area (Å²) in [5.74, 6) is -2.32. The van der Waals surface area contributed by atoms with E-state index in [4.69, 9.17) is 39.2 Å². The van der Waals surface area contributed by atoms with Gasteiger partial charge in [-0.25, -0.2) is 0 Å². The van der Waals surface area contributed by atoms with E-state index < -0.39 is 45.6 Å². The lowest BCUT2D eigenvalue weighted by atomic mass is 9.97. The van der Waals surface area contributed by atoms with Gasteiger partial charge < -0.3 is 9.47 Å². The van der Waals surface area contributed by atoms with E-state index in [1.54, 1.807) is 0 Å². The molecule has 0 aliphatic carbocycles. The first-order valence-electron chi connectivity index (χ1n) is 8.33. The molecule has 0 fully saturated rings. The number of rotatable bonds is 4. The van der Waals surface area contributed by atoms with Gasteiger partial charge >= 0.3 is 18.0 Å². The third kappa shape index (κ3) is 5.26. The number of nitrogens with zero attached hydrogens (tertiary/aromatic N) is 3. The summed E-state index contributed by atoms with van der Waals surface area (Å²) < 4.78 is 52.1. The van der Waals surface area contributed by atoms with Gasteiger partial charge in [-0.2, -0.15) is 23.1 Å². The summed E-state index contributed by atoms with van der Waals surface area (Å²) in [7, 11) is 1.18. The Morgan fingerprint density at radius 2 is 1.73 bits per heavy atom. The average molecular weight is 462 g/mol. The second-order valence-corrected chi connectivity index (χ2v) is 7.87. The first-order valence-corrected chi connectivity index (χ1v) is 9.08. The first-order chi connectivity index (χ1) is 13.8. The average Bonchev–Trinajstić information content (AvgIpc) is 2.94. The van der Waals surface area contributed by atoms with E-state index >= 15 is 0 Å². The minimum Gasteiger partial charge on any atom is -0.478 e. The molecule has 1 heterocycles. The van der Waals surface area contributed by atoms with Crippen molar-refractivity contribution in [1.29, 1.82) is 0 Å². The molecule has 0 aliphatic rings. The van der Waals surface area contributed by atoms with Gasteiger partial charge in [-0.05, 0) is 45.0 Å². The van der Waals surface area contributed by atoms with Crippen LogP contribution in [0.5, 0.6) is 5.75 Å². The van der Waals surface area contributed by atoms with Gasteiger partial charge in [-0.3, -0.25) is 9.48 Å². The van der Waals surface area contributed by atoms with E-state index in [2.05, 4.69) is 9.94 Å². The second kappa shape index (κ2) is 8.58. The molecule has 0 unspecified atom stereocenters. The zero-order valence-electron chi connectivity index (χ0n) is 16.3. The van der Waals surface area contributed by atoms with Gasteiger partial charge in [0.2, 0.25) is 0 Å². The molecular weight excluding hydrogens is 446 g/mol. The lowest BCUT2D eigenvalue weighted by Crippen LogP contribution is -2.23. The minimum atomic E-state index is -4.94. The van der Waals surface area contributed by atoms with Gasteiger partial charge in [0.05, 0.1) is 17.6 Å². The monoisotopic (exact) mass is 461 g/mol. The number of halogens is 5. The molecule has 1 aromatic carbocycles. The smallest absolute Gasteiger partial charge is 0.435 e. The van der Waals surface area contributed by atoms with E-state index in [1.165, 1.54) is 52.1 Å². The highest BCUT2D eigenvalue weighted by Gasteiger charge is 2.42. The molecule has 0 atom stereocenters. The van der Waals surface area contributed by atoms with Gasteiger partial charge in [-0.1, -0.05) is 23.2 Å². The van der Waals surface area contributed by atoms with Crippen molar-refractivity contribution in [2.75, 3.05) is 0 Å². The highest BCUT2D eigenvalue weighted by Crippen LogP contribution is 2.40. The standard InChI is InChI=1S/C19H16Cl2F3N3O3/c1-18(2,3)17(28)30-13(12-14(19(22,23)24)26-27(5)15(12)21)16(25-4)29-11-8-6-10(20)7-9-11/h6-9H,1-3,5H3/b16-13-. The SMILES string of the molecule is [C-]#[N+]/C(Oc1ccc(Cl)cc1)=C(/OC(=O)C(C)(C)C)c1c(C(F)(F)F)nn(C)c1Cl. The maximum Gasteiger partial charge on any atom is 0.435 e. The summed E-state index contributed by atoms with van der Waals surface area (Å²) in [6, 6.07) is 5.70. The number of carbonyl (C=O) groups excluding carboxylic acids is 1. The second-order valence-electron chi connectivity index (χ2n) is 7.08. The topological polar surface area (TPSA) is 57.7 Å². The summed E-state index contributed by atoms with van der Waals surface area (Å²) in [4.78, 5) is 15.6. The van der Waals surface area contributed by atoms with Crippen LogP contribution in [0.25, 0.3) is 10.6 Å². The van der Waals surface area contributed by atoms with Crippen molar-refractivity contribution in [2.45, 2.75) is 26.9 Å². The molecule has 0 spiro atoms. The summed E-state index contributed by atoms with van der Waals surface area (Å²) in [6.45, 7) is 11.9. The maximum atomic E-state index is 13.6. The number of aryl methyl sites for hydroxylation is 1. The Morgan fingerprint density at radius 1 is 1.17 bits per heavy atom. The van der Waals surface area contributed by atoms with Crippen molar-refractivity contribution in [3.05, 3.63) is 63.0 Å². The van der Waals surface area contributed by atoms with E-state index in [1.807, 2.05) is 0 Å². The molecule has 160 valence electrons. The van der Waals surface area contributed by atoms with Crippen LogP contribution in [-0.2, 0) is 22.8 Å². The molecule has 6 nitrogen and oxygen atoms in total. The van der Waals surface area contributed by atoms with Gasteiger partial charge in [0.1, 0.15) is 10.9 Å². The van der Waals surface area contributed by atoms with Crippen molar-refractivity contribution in [3.63, 3.8) is 0 Å². The number of benzene rings is 1. The van der Waals surface area contributed by atoms with Gasteiger partial charge in [-0.15, -0.1) is 0 Å². The molecule has 0 bridgehead atoms. The molecule has 0 amide bonds. The number of esters is 1. The zero-order chi connectivity index (χ0) is 22.9.